The summed E-state index contributed by atoms with van der Waals surface area (Å²) in [5, 5.41) is 3.98. The molecule has 0 aliphatic carbocycles. The van der Waals surface area contributed by atoms with E-state index in [1.165, 1.54) is 0 Å². The van der Waals surface area contributed by atoms with Gasteiger partial charge in [0.25, 0.3) is 0 Å². The fraction of sp³-hybridized carbons (Fsp3) is 0.385. The molecule has 1 aliphatic rings. The van der Waals surface area contributed by atoms with E-state index in [-0.39, 0.29) is 12.7 Å². The highest BCUT2D eigenvalue weighted by Crippen LogP contribution is 2.24. The third-order valence-electron chi connectivity index (χ3n) is 3.03. The van der Waals surface area contributed by atoms with Gasteiger partial charge in [-0.05, 0) is 36.5 Å². The number of rotatable bonds is 4. The zero-order chi connectivity index (χ0) is 13.8. The predicted molar refractivity (Wildman–Crippen MR) is 72.4 cm³/mol. The zero-order valence-corrected chi connectivity index (χ0v) is 11.5. The Bertz CT molecular complexity index is 582. The van der Waals surface area contributed by atoms with Gasteiger partial charge >= 0.3 is 5.97 Å². The molecule has 3 rings (SSSR count). The van der Waals surface area contributed by atoms with Gasteiger partial charge in [0.15, 0.2) is 4.88 Å². The van der Waals surface area contributed by atoms with Crippen LogP contribution in [0.15, 0.2) is 24.5 Å². The third-order valence-corrected chi connectivity index (χ3v) is 3.74. The molecule has 6 nitrogen and oxygen atoms in total. The molecule has 0 unspecified atom stereocenters. The Morgan fingerprint density at radius 2 is 2.50 bits per heavy atom. The molecule has 104 valence electrons. The normalized spacial score (nSPS) is 18.1. The largest absolute Gasteiger partial charge is 0.459 e. The Kier molecular flexibility index (Phi) is 3.98. The number of aromatic nitrogens is 3. The molecule has 0 amide bonds. The zero-order valence-electron chi connectivity index (χ0n) is 10.7. The molecule has 2 aromatic rings. The van der Waals surface area contributed by atoms with Crippen LogP contribution in [0.2, 0.25) is 0 Å². The van der Waals surface area contributed by atoms with Crippen molar-refractivity contribution in [2.24, 2.45) is 0 Å². The van der Waals surface area contributed by atoms with Gasteiger partial charge < -0.3 is 9.47 Å². The van der Waals surface area contributed by atoms with Gasteiger partial charge in [-0.25, -0.2) is 4.79 Å². The number of pyridine rings is 1. The minimum atomic E-state index is -0.408. The summed E-state index contributed by atoms with van der Waals surface area (Å²) in [5.41, 5.74) is 1.27. The van der Waals surface area contributed by atoms with Gasteiger partial charge in [0.1, 0.15) is 12.3 Å². The van der Waals surface area contributed by atoms with E-state index in [9.17, 15) is 4.79 Å². The van der Waals surface area contributed by atoms with Crippen LogP contribution in [-0.4, -0.2) is 39.9 Å². The van der Waals surface area contributed by atoms with Crippen molar-refractivity contribution < 1.29 is 14.3 Å². The smallest absolute Gasteiger partial charge is 0.352 e. The molecule has 1 atom stereocenters. The molecule has 1 saturated heterocycles. The first-order chi connectivity index (χ1) is 9.84. The standard InChI is InChI=1S/C13H13N3O3S/c17-13(19-8-10-4-2-6-18-10)12-11(15-16-20-12)9-3-1-5-14-7-9/h1,3,5,7,10H,2,4,6,8H2/t10-/m0/s1. The van der Waals surface area contributed by atoms with Gasteiger partial charge in [0, 0.05) is 24.6 Å². The highest BCUT2D eigenvalue weighted by Gasteiger charge is 2.22. The Labute approximate surface area is 119 Å². The Balaban J connectivity index is 1.70. The van der Waals surface area contributed by atoms with E-state index in [1.807, 2.05) is 6.07 Å². The van der Waals surface area contributed by atoms with Crippen molar-refractivity contribution in [2.45, 2.75) is 18.9 Å². The Hall–Kier alpha value is -1.86. The molecule has 0 N–H and O–H groups in total. The third kappa shape index (κ3) is 2.83. The van der Waals surface area contributed by atoms with Crippen LogP contribution in [0.1, 0.15) is 22.5 Å². The topological polar surface area (TPSA) is 74.2 Å². The van der Waals surface area contributed by atoms with Crippen molar-refractivity contribution in [3.8, 4) is 11.3 Å². The van der Waals surface area contributed by atoms with Crippen LogP contribution in [0.4, 0.5) is 0 Å². The van der Waals surface area contributed by atoms with Crippen LogP contribution in [0.25, 0.3) is 11.3 Å². The number of carbonyl (C=O) groups excluding carboxylic acids is 1. The fourth-order valence-electron chi connectivity index (χ4n) is 2.03. The summed E-state index contributed by atoms with van der Waals surface area (Å²) < 4.78 is 14.5. The summed E-state index contributed by atoms with van der Waals surface area (Å²) in [6, 6.07) is 3.62. The maximum atomic E-state index is 12.1. The summed E-state index contributed by atoms with van der Waals surface area (Å²) in [4.78, 5) is 16.5. The monoisotopic (exact) mass is 291 g/mol. The summed E-state index contributed by atoms with van der Waals surface area (Å²) in [5.74, 6) is -0.408. The first-order valence-electron chi connectivity index (χ1n) is 6.36. The van der Waals surface area contributed by atoms with Crippen LogP contribution in [0.3, 0.4) is 0 Å². The van der Waals surface area contributed by atoms with Crippen LogP contribution in [0.5, 0.6) is 0 Å². The Morgan fingerprint density at radius 3 is 3.25 bits per heavy atom. The second-order valence-electron chi connectivity index (χ2n) is 4.43. The summed E-state index contributed by atoms with van der Waals surface area (Å²) in [6.07, 6.45) is 5.28. The second kappa shape index (κ2) is 6.06. The van der Waals surface area contributed by atoms with E-state index < -0.39 is 5.97 Å². The molecule has 0 aromatic carbocycles. The fourth-order valence-corrected chi connectivity index (χ4v) is 2.61. The molecule has 2 aromatic heterocycles. The molecule has 0 bridgehead atoms. The predicted octanol–water partition coefficient (Wildman–Crippen LogP) is 1.94. The molecule has 0 radical (unpaired) electrons. The lowest BCUT2D eigenvalue weighted by Crippen LogP contribution is -2.17. The average molecular weight is 291 g/mol. The van der Waals surface area contributed by atoms with Crippen molar-refractivity contribution in [1.29, 1.82) is 0 Å². The average Bonchev–Trinajstić information content (AvgIpc) is 3.17. The molecule has 1 aliphatic heterocycles. The molecular formula is C13H13N3O3S. The number of esters is 1. The van der Waals surface area contributed by atoms with Gasteiger partial charge in [-0.2, -0.15) is 0 Å². The van der Waals surface area contributed by atoms with Crippen molar-refractivity contribution in [3.05, 3.63) is 29.4 Å². The molecule has 1 fully saturated rings. The van der Waals surface area contributed by atoms with E-state index in [0.29, 0.717) is 10.6 Å². The van der Waals surface area contributed by atoms with E-state index in [0.717, 1.165) is 36.5 Å². The molecule has 20 heavy (non-hydrogen) atoms. The molecule has 3 heterocycles. The number of nitrogens with zero attached hydrogens (tertiary/aromatic N) is 3. The van der Waals surface area contributed by atoms with E-state index in [2.05, 4.69) is 14.6 Å². The second-order valence-corrected chi connectivity index (χ2v) is 5.18. The van der Waals surface area contributed by atoms with Gasteiger partial charge in [-0.1, -0.05) is 4.49 Å². The van der Waals surface area contributed by atoms with Crippen LogP contribution in [-0.2, 0) is 9.47 Å². The van der Waals surface area contributed by atoms with E-state index in [4.69, 9.17) is 9.47 Å². The lowest BCUT2D eigenvalue weighted by atomic mass is 10.2. The number of carbonyl (C=O) groups is 1. The van der Waals surface area contributed by atoms with Gasteiger partial charge in [0.05, 0.1) is 6.10 Å². The van der Waals surface area contributed by atoms with Crippen molar-refractivity contribution in [2.75, 3.05) is 13.2 Å². The molecular weight excluding hydrogens is 278 g/mol. The summed E-state index contributed by atoms with van der Waals surface area (Å²) in [7, 11) is 0. The van der Waals surface area contributed by atoms with Crippen LogP contribution in [0, 0.1) is 0 Å². The first kappa shape index (κ1) is 13.1. The van der Waals surface area contributed by atoms with E-state index in [1.54, 1.807) is 18.5 Å². The minimum Gasteiger partial charge on any atom is -0.459 e. The number of hydrogen-bond acceptors (Lipinski definition) is 7. The van der Waals surface area contributed by atoms with Crippen molar-refractivity contribution in [3.63, 3.8) is 0 Å². The highest BCUT2D eigenvalue weighted by atomic mass is 32.1. The lowest BCUT2D eigenvalue weighted by molar-refractivity contribution is 0.0166. The number of ether oxygens (including phenoxy) is 2. The van der Waals surface area contributed by atoms with Crippen LogP contribution < -0.4 is 0 Å². The molecule has 7 heteroatoms. The first-order valence-corrected chi connectivity index (χ1v) is 7.13. The molecule has 0 saturated carbocycles. The van der Waals surface area contributed by atoms with Gasteiger partial charge in [-0.3, -0.25) is 4.98 Å². The minimum absolute atomic E-state index is 0.0154. The maximum Gasteiger partial charge on any atom is 0.352 e. The van der Waals surface area contributed by atoms with Crippen LogP contribution >= 0.6 is 11.5 Å². The van der Waals surface area contributed by atoms with Gasteiger partial charge in [-0.15, -0.1) is 5.10 Å². The lowest BCUT2D eigenvalue weighted by Gasteiger charge is -2.09. The SMILES string of the molecule is O=C(OC[C@@H]1CCCO1)c1snnc1-c1cccnc1. The maximum absolute atomic E-state index is 12.1. The van der Waals surface area contributed by atoms with Crippen molar-refractivity contribution >= 4 is 17.5 Å². The highest BCUT2D eigenvalue weighted by molar-refractivity contribution is 7.08. The Morgan fingerprint density at radius 1 is 1.55 bits per heavy atom. The number of hydrogen-bond donors (Lipinski definition) is 0. The summed E-state index contributed by atoms with van der Waals surface area (Å²) in [6.45, 7) is 1.02. The summed E-state index contributed by atoms with van der Waals surface area (Å²) >= 11 is 1.03. The quantitative estimate of drug-likeness (QED) is 0.801. The van der Waals surface area contributed by atoms with E-state index >= 15 is 0 Å². The molecule has 0 spiro atoms. The van der Waals surface area contributed by atoms with Crippen molar-refractivity contribution in [1.82, 2.24) is 14.6 Å². The van der Waals surface area contributed by atoms with Gasteiger partial charge in [0.2, 0.25) is 0 Å².